The van der Waals surface area contributed by atoms with Gasteiger partial charge in [-0.2, -0.15) is 0 Å². The second-order valence-corrected chi connectivity index (χ2v) is 18.7. The van der Waals surface area contributed by atoms with E-state index >= 15 is 0 Å². The maximum absolute atomic E-state index is 6.48. The van der Waals surface area contributed by atoms with Crippen LogP contribution in [0.2, 0.25) is 0 Å². The van der Waals surface area contributed by atoms with E-state index in [4.69, 9.17) is 19.4 Å². The average molecular weight is 909 g/mol. The monoisotopic (exact) mass is 907 g/mol. The number of halogens is 2. The minimum Gasteiger partial charge on any atom is -0.488 e. The van der Waals surface area contributed by atoms with Gasteiger partial charge in [-0.3, -0.25) is 0 Å². The van der Waals surface area contributed by atoms with Crippen molar-refractivity contribution in [2.45, 2.75) is 259 Å². The van der Waals surface area contributed by atoms with Gasteiger partial charge < -0.3 is 9.47 Å². The summed E-state index contributed by atoms with van der Waals surface area (Å²) in [6.45, 7) is 10.0. The summed E-state index contributed by atoms with van der Waals surface area (Å²) < 4.78 is 14.7. The predicted octanol–water partition coefficient (Wildman–Crippen LogP) is 18.6. The molecular weight excluding hydrogens is 820 g/mol. The van der Waals surface area contributed by atoms with E-state index in [9.17, 15) is 0 Å². The first kappa shape index (κ1) is 51.3. The van der Waals surface area contributed by atoms with E-state index < -0.39 is 0 Å². The molecule has 0 spiro atoms. The van der Waals surface area contributed by atoms with Gasteiger partial charge in [-0.1, -0.05) is 232 Å². The van der Waals surface area contributed by atoms with Crippen molar-refractivity contribution in [1.82, 2.24) is 9.97 Å². The van der Waals surface area contributed by atoms with E-state index in [0.717, 1.165) is 55.7 Å². The summed E-state index contributed by atoms with van der Waals surface area (Å²) in [5.74, 6) is 1.52. The molecule has 0 aliphatic heterocycles. The third-order valence-corrected chi connectivity index (χ3v) is 13.3. The number of nitrogens with zero attached hydrogens (tertiary/aromatic N) is 2. The van der Waals surface area contributed by atoms with Crippen molar-refractivity contribution in [2.24, 2.45) is 0 Å². The van der Waals surface area contributed by atoms with Crippen LogP contribution in [0.5, 0.6) is 11.5 Å². The summed E-state index contributed by atoms with van der Waals surface area (Å²) in [7, 11) is 0. The van der Waals surface area contributed by atoms with Gasteiger partial charge >= 0.3 is 0 Å². The summed E-state index contributed by atoms with van der Waals surface area (Å²) >= 11 is 7.70. The molecule has 0 aliphatic rings. The van der Waals surface area contributed by atoms with Crippen LogP contribution in [0, 0.1) is 13.8 Å². The number of aromatic nitrogens is 2. The summed E-state index contributed by atoms with van der Waals surface area (Å²) in [6, 6.07) is 0. The van der Waals surface area contributed by atoms with Crippen LogP contribution in [0.15, 0.2) is 8.95 Å². The lowest BCUT2D eigenvalue weighted by Crippen LogP contribution is -2.06. The molecule has 0 unspecified atom stereocenters. The van der Waals surface area contributed by atoms with Crippen LogP contribution in [-0.2, 0) is 0 Å². The number of hydrogen-bond donors (Lipinski definition) is 0. The second kappa shape index (κ2) is 36.0. The topological polar surface area (TPSA) is 44.2 Å². The van der Waals surface area contributed by atoms with Gasteiger partial charge in [0.25, 0.3) is 0 Å². The Balaban J connectivity index is 1.59. The molecule has 0 N–H and O–H groups in total. The van der Waals surface area contributed by atoms with Crippen LogP contribution >= 0.6 is 31.9 Å². The number of aryl methyl sites for hydroxylation is 2. The molecule has 56 heavy (non-hydrogen) atoms. The highest BCUT2D eigenvalue weighted by Crippen LogP contribution is 2.47. The van der Waals surface area contributed by atoms with Crippen LogP contribution in [0.25, 0.3) is 11.0 Å². The maximum atomic E-state index is 6.48. The van der Waals surface area contributed by atoms with Gasteiger partial charge in [0.05, 0.1) is 33.5 Å². The maximum Gasteiger partial charge on any atom is 0.178 e. The highest BCUT2D eigenvalue weighted by Gasteiger charge is 2.22. The molecule has 324 valence electrons. The molecule has 4 nitrogen and oxygen atoms in total. The minimum absolute atomic E-state index is 0.684. The molecule has 1 aromatic heterocycles. The largest absolute Gasteiger partial charge is 0.488 e. The summed E-state index contributed by atoms with van der Waals surface area (Å²) in [6.07, 6.45) is 49.7. The normalized spacial score (nSPS) is 11.6. The van der Waals surface area contributed by atoms with Crippen LogP contribution in [0.3, 0.4) is 0 Å². The van der Waals surface area contributed by atoms with Crippen molar-refractivity contribution in [1.29, 1.82) is 0 Å². The lowest BCUT2D eigenvalue weighted by molar-refractivity contribution is 0.256. The highest BCUT2D eigenvalue weighted by atomic mass is 79.9. The molecule has 0 amide bonds. The smallest absolute Gasteiger partial charge is 0.178 e. The quantitative estimate of drug-likeness (QED) is 0.0625. The predicted molar refractivity (Wildman–Crippen MR) is 253 cm³/mol. The number of hydrogen-bond acceptors (Lipinski definition) is 4. The zero-order valence-corrected chi connectivity index (χ0v) is 40.5. The molecule has 2 rings (SSSR count). The second-order valence-electron chi connectivity index (χ2n) is 17.1. The van der Waals surface area contributed by atoms with E-state index in [0.29, 0.717) is 13.2 Å². The summed E-state index contributed by atoms with van der Waals surface area (Å²) in [4.78, 5) is 9.76. The fourth-order valence-electron chi connectivity index (χ4n) is 7.94. The van der Waals surface area contributed by atoms with Crippen LogP contribution < -0.4 is 9.47 Å². The van der Waals surface area contributed by atoms with E-state index in [1.54, 1.807) is 0 Å². The molecule has 1 aromatic carbocycles. The van der Waals surface area contributed by atoms with Crippen molar-refractivity contribution in [2.75, 3.05) is 13.2 Å². The van der Waals surface area contributed by atoms with Crippen molar-refractivity contribution >= 4 is 42.9 Å². The lowest BCUT2D eigenvalue weighted by Gasteiger charge is -2.18. The van der Waals surface area contributed by atoms with E-state index in [1.807, 2.05) is 13.8 Å². The molecule has 0 radical (unpaired) electrons. The molecule has 0 bridgehead atoms. The molecular formula is C50H88Br2N2O2. The van der Waals surface area contributed by atoms with Gasteiger partial charge in [-0.15, -0.1) is 0 Å². The molecule has 0 fully saturated rings. The SMILES string of the molecule is CCCCCCCCCCCCCCCCCCCCOc1c(OCCCCCCCCCCCCCCCCCCCC)c(Br)c2nc(C)c(C)nc2c1Br. The number of fused-ring (bicyclic) bond motifs is 1. The standard InChI is InChI=1S/C50H88Br2N2O2/c1-5-7-9-11-13-15-17-19-21-23-25-27-29-31-33-35-37-39-41-55-49-45(51)47-48(54-44(4)43(3)53-47)46(52)50(49)56-42-40-38-36-34-32-30-28-26-24-22-20-18-16-14-12-10-8-6-2/h5-42H2,1-4H3. The third-order valence-electron chi connectivity index (χ3n) is 11.8. The Morgan fingerprint density at radius 1 is 0.321 bits per heavy atom. The van der Waals surface area contributed by atoms with Crippen molar-refractivity contribution < 1.29 is 9.47 Å². The highest BCUT2D eigenvalue weighted by molar-refractivity contribution is 9.11. The van der Waals surface area contributed by atoms with Gasteiger partial charge in [-0.25, -0.2) is 9.97 Å². The van der Waals surface area contributed by atoms with Crippen LogP contribution in [-0.4, -0.2) is 23.2 Å². The first-order chi connectivity index (χ1) is 27.5. The Hall–Kier alpha value is -0.880. The zero-order valence-electron chi connectivity index (χ0n) is 37.3. The molecule has 1 heterocycles. The molecule has 6 heteroatoms. The Morgan fingerprint density at radius 3 is 0.732 bits per heavy atom. The zero-order chi connectivity index (χ0) is 40.3. The average Bonchev–Trinajstić information content (AvgIpc) is 3.19. The van der Waals surface area contributed by atoms with Crippen molar-refractivity contribution in [3.8, 4) is 11.5 Å². The Labute approximate surface area is 364 Å². The molecule has 0 aliphatic carbocycles. The van der Waals surface area contributed by atoms with E-state index in [1.165, 1.54) is 218 Å². The van der Waals surface area contributed by atoms with Gasteiger partial charge in [0.15, 0.2) is 11.5 Å². The van der Waals surface area contributed by atoms with E-state index in [-0.39, 0.29) is 0 Å². The fraction of sp³-hybridized carbons (Fsp3) is 0.840. The lowest BCUT2D eigenvalue weighted by atomic mass is 10.0. The summed E-state index contributed by atoms with van der Waals surface area (Å²) in [5.41, 5.74) is 3.53. The van der Waals surface area contributed by atoms with Crippen LogP contribution in [0.1, 0.15) is 256 Å². The van der Waals surface area contributed by atoms with Gasteiger partial charge in [-0.05, 0) is 58.5 Å². The number of benzene rings is 1. The minimum atomic E-state index is 0.684. The first-order valence-electron chi connectivity index (χ1n) is 24.4. The van der Waals surface area contributed by atoms with Gasteiger partial charge in [0.2, 0.25) is 0 Å². The molecule has 0 saturated heterocycles. The molecule has 0 saturated carbocycles. The Bertz CT molecular complexity index is 1130. The van der Waals surface area contributed by atoms with Crippen molar-refractivity contribution in [3.63, 3.8) is 0 Å². The Kier molecular flexibility index (Phi) is 33.0. The van der Waals surface area contributed by atoms with E-state index in [2.05, 4.69) is 45.7 Å². The van der Waals surface area contributed by atoms with Gasteiger partial charge in [0.1, 0.15) is 11.0 Å². The summed E-state index contributed by atoms with van der Waals surface area (Å²) in [5, 5.41) is 0. The molecule has 0 atom stereocenters. The van der Waals surface area contributed by atoms with Crippen molar-refractivity contribution in [3.05, 3.63) is 20.3 Å². The number of unbranched alkanes of at least 4 members (excludes halogenated alkanes) is 34. The number of ether oxygens (including phenoxy) is 2. The fourth-order valence-corrected chi connectivity index (χ4v) is 9.08. The molecule has 2 aromatic rings. The number of rotatable bonds is 40. The first-order valence-corrected chi connectivity index (χ1v) is 26.0. The van der Waals surface area contributed by atoms with Crippen LogP contribution in [0.4, 0.5) is 0 Å². The van der Waals surface area contributed by atoms with Gasteiger partial charge in [0, 0.05) is 0 Å². The Morgan fingerprint density at radius 2 is 0.518 bits per heavy atom. The third kappa shape index (κ3) is 24.3.